The molecule has 0 aromatic heterocycles. The van der Waals surface area contributed by atoms with Crippen LogP contribution in [0.25, 0.3) is 0 Å². The quantitative estimate of drug-likeness (QED) is 0.594. The van der Waals surface area contributed by atoms with Gasteiger partial charge in [-0.25, -0.2) is 0 Å². The van der Waals surface area contributed by atoms with Crippen LogP contribution in [-0.4, -0.2) is 38.1 Å². The maximum atomic E-state index is 8.55. The molecule has 20 heavy (non-hydrogen) atoms. The van der Waals surface area contributed by atoms with Crippen molar-refractivity contribution >= 4 is 0 Å². The lowest BCUT2D eigenvalue weighted by molar-refractivity contribution is -0.107. The van der Waals surface area contributed by atoms with Gasteiger partial charge in [0.2, 0.25) is 0 Å². The third kappa shape index (κ3) is 5.55. The Balaban J connectivity index is 2.45. The predicted molar refractivity (Wildman–Crippen MR) is 69.1 cm³/mol. The molecule has 2 atom stereocenters. The zero-order chi connectivity index (χ0) is 14.6. The molecule has 1 aliphatic carbocycles. The molecule has 6 nitrogen and oxygen atoms in total. The highest BCUT2D eigenvalue weighted by Crippen LogP contribution is 2.28. The Kier molecular flexibility index (Phi) is 8.35. The topological polar surface area (TPSA) is 99.1 Å². The van der Waals surface area contributed by atoms with Gasteiger partial charge in [-0.3, -0.25) is 0 Å². The summed E-state index contributed by atoms with van der Waals surface area (Å²) in [6.07, 6.45) is 2.21. The van der Waals surface area contributed by atoms with E-state index in [-0.39, 0.29) is 18.3 Å². The molecule has 1 rings (SSSR count). The molecule has 2 unspecified atom stereocenters. The van der Waals surface area contributed by atoms with Gasteiger partial charge in [0, 0.05) is 0 Å². The minimum Gasteiger partial charge on any atom is -0.374 e. The van der Waals surface area contributed by atoms with Gasteiger partial charge in [0.25, 0.3) is 0 Å². The van der Waals surface area contributed by atoms with Gasteiger partial charge in [-0.1, -0.05) is 0 Å². The van der Waals surface area contributed by atoms with Crippen LogP contribution in [0.1, 0.15) is 32.1 Å². The standard InChI is InChI=1S/C14H19N3O3/c15-6-1-9-18-12-4-5-13(19-10-2-7-16)14(12)20-11-3-8-17/h12-14H,1-5,9-11H2. The molecule has 0 amide bonds. The highest BCUT2D eigenvalue weighted by Gasteiger charge is 2.38. The van der Waals surface area contributed by atoms with Gasteiger partial charge in [-0.05, 0) is 12.8 Å². The van der Waals surface area contributed by atoms with Gasteiger partial charge in [0.05, 0.1) is 69.5 Å². The van der Waals surface area contributed by atoms with Crippen LogP contribution in [0.15, 0.2) is 0 Å². The summed E-state index contributed by atoms with van der Waals surface area (Å²) in [5, 5.41) is 25.6. The molecular weight excluding hydrogens is 258 g/mol. The van der Waals surface area contributed by atoms with Gasteiger partial charge in [0.15, 0.2) is 0 Å². The number of rotatable bonds is 9. The van der Waals surface area contributed by atoms with Crippen LogP contribution in [0.2, 0.25) is 0 Å². The summed E-state index contributed by atoms with van der Waals surface area (Å²) >= 11 is 0. The number of ether oxygens (including phenoxy) is 3. The van der Waals surface area contributed by atoms with E-state index in [1.54, 1.807) is 0 Å². The van der Waals surface area contributed by atoms with Crippen molar-refractivity contribution in [3.63, 3.8) is 0 Å². The van der Waals surface area contributed by atoms with E-state index in [1.807, 2.05) is 18.2 Å². The molecule has 6 heteroatoms. The van der Waals surface area contributed by atoms with Gasteiger partial charge in [0.1, 0.15) is 6.10 Å². The first-order valence-corrected chi connectivity index (χ1v) is 6.79. The van der Waals surface area contributed by atoms with Crippen molar-refractivity contribution in [1.82, 2.24) is 0 Å². The highest BCUT2D eigenvalue weighted by molar-refractivity contribution is 4.89. The lowest BCUT2D eigenvalue weighted by Gasteiger charge is -2.25. The van der Waals surface area contributed by atoms with Crippen molar-refractivity contribution < 1.29 is 14.2 Å². The number of hydrogen-bond donors (Lipinski definition) is 0. The molecule has 0 spiro atoms. The van der Waals surface area contributed by atoms with Crippen molar-refractivity contribution in [2.75, 3.05) is 19.8 Å². The van der Waals surface area contributed by atoms with Crippen molar-refractivity contribution in [3.8, 4) is 18.2 Å². The summed E-state index contributed by atoms with van der Waals surface area (Å²) < 4.78 is 17.0. The fraction of sp³-hybridized carbons (Fsp3) is 0.786. The average molecular weight is 277 g/mol. The monoisotopic (exact) mass is 277 g/mol. The van der Waals surface area contributed by atoms with E-state index >= 15 is 0 Å². The molecule has 1 saturated carbocycles. The minimum absolute atomic E-state index is 0.103. The Hall–Kier alpha value is -1.65. The Bertz CT molecular complexity index is 366. The second-order valence-electron chi connectivity index (χ2n) is 4.46. The first kappa shape index (κ1) is 16.4. The summed E-state index contributed by atoms with van der Waals surface area (Å²) in [4.78, 5) is 0. The van der Waals surface area contributed by atoms with Crippen LogP contribution < -0.4 is 0 Å². The van der Waals surface area contributed by atoms with Crippen molar-refractivity contribution in [2.45, 2.75) is 50.4 Å². The fourth-order valence-corrected chi connectivity index (χ4v) is 2.22. The fourth-order valence-electron chi connectivity index (χ4n) is 2.22. The van der Waals surface area contributed by atoms with Crippen molar-refractivity contribution in [1.29, 1.82) is 15.8 Å². The second-order valence-corrected chi connectivity index (χ2v) is 4.46. The SMILES string of the molecule is N#CCCOC1CCC(OCCC#N)C1OCCC#N. The average Bonchev–Trinajstić information content (AvgIpc) is 2.83. The molecule has 1 fully saturated rings. The molecule has 0 saturated heterocycles. The molecule has 0 heterocycles. The number of nitrogens with zero attached hydrogens (tertiary/aromatic N) is 3. The summed E-state index contributed by atoms with van der Waals surface area (Å²) in [7, 11) is 0. The maximum Gasteiger partial charge on any atom is 0.110 e. The van der Waals surface area contributed by atoms with Crippen molar-refractivity contribution in [2.24, 2.45) is 0 Å². The number of nitriles is 3. The third-order valence-electron chi connectivity index (χ3n) is 3.08. The summed E-state index contributed by atoms with van der Waals surface area (Å²) in [5.41, 5.74) is 0. The van der Waals surface area contributed by atoms with E-state index in [0.717, 1.165) is 12.8 Å². The first-order chi connectivity index (χ1) is 9.83. The molecule has 0 bridgehead atoms. The molecule has 0 aliphatic heterocycles. The van der Waals surface area contributed by atoms with Crippen LogP contribution in [0.5, 0.6) is 0 Å². The van der Waals surface area contributed by atoms with Crippen LogP contribution in [0, 0.1) is 34.0 Å². The van der Waals surface area contributed by atoms with Crippen molar-refractivity contribution in [3.05, 3.63) is 0 Å². The van der Waals surface area contributed by atoms with E-state index in [2.05, 4.69) is 0 Å². The highest BCUT2D eigenvalue weighted by atomic mass is 16.6. The Morgan fingerprint density at radius 3 is 1.50 bits per heavy atom. The Morgan fingerprint density at radius 2 is 1.10 bits per heavy atom. The van der Waals surface area contributed by atoms with Crippen LogP contribution in [0.3, 0.4) is 0 Å². The molecule has 0 aromatic carbocycles. The molecule has 1 aliphatic rings. The van der Waals surface area contributed by atoms with Gasteiger partial charge >= 0.3 is 0 Å². The minimum atomic E-state index is -0.222. The largest absolute Gasteiger partial charge is 0.374 e. The van der Waals surface area contributed by atoms with Gasteiger partial charge < -0.3 is 14.2 Å². The van der Waals surface area contributed by atoms with Crippen LogP contribution in [0.4, 0.5) is 0 Å². The van der Waals surface area contributed by atoms with E-state index in [9.17, 15) is 0 Å². The zero-order valence-electron chi connectivity index (χ0n) is 11.5. The third-order valence-corrected chi connectivity index (χ3v) is 3.08. The maximum absolute atomic E-state index is 8.55. The Morgan fingerprint density at radius 1 is 0.700 bits per heavy atom. The molecular formula is C14H19N3O3. The van der Waals surface area contributed by atoms with E-state index in [1.165, 1.54) is 0 Å². The van der Waals surface area contributed by atoms with E-state index < -0.39 is 0 Å². The molecule has 0 radical (unpaired) electrons. The van der Waals surface area contributed by atoms with Gasteiger partial charge in [-0.2, -0.15) is 15.8 Å². The summed E-state index contributed by atoms with van der Waals surface area (Å²) in [6, 6.07) is 6.10. The second kappa shape index (κ2) is 10.2. The summed E-state index contributed by atoms with van der Waals surface area (Å²) in [5.74, 6) is 0. The van der Waals surface area contributed by atoms with E-state index in [0.29, 0.717) is 39.1 Å². The molecule has 0 N–H and O–H groups in total. The van der Waals surface area contributed by atoms with Crippen LogP contribution >= 0.6 is 0 Å². The van der Waals surface area contributed by atoms with E-state index in [4.69, 9.17) is 30.0 Å². The Labute approximate surface area is 119 Å². The first-order valence-electron chi connectivity index (χ1n) is 6.79. The van der Waals surface area contributed by atoms with Crippen LogP contribution in [-0.2, 0) is 14.2 Å². The summed E-state index contributed by atoms with van der Waals surface area (Å²) in [6.45, 7) is 1.10. The van der Waals surface area contributed by atoms with Gasteiger partial charge in [-0.15, -0.1) is 0 Å². The lowest BCUT2D eigenvalue weighted by atomic mass is 10.2. The molecule has 108 valence electrons. The smallest absolute Gasteiger partial charge is 0.110 e. The predicted octanol–water partition coefficient (Wildman–Crippen LogP) is 1.68. The number of hydrogen-bond acceptors (Lipinski definition) is 6. The normalized spacial score (nSPS) is 24.8. The molecule has 0 aromatic rings. The lowest BCUT2D eigenvalue weighted by Crippen LogP contribution is -2.36. The zero-order valence-corrected chi connectivity index (χ0v) is 11.5.